The van der Waals surface area contributed by atoms with E-state index in [9.17, 15) is 10.1 Å². The Hall–Kier alpha value is -1.13. The Bertz CT molecular complexity index is 451. The van der Waals surface area contributed by atoms with Crippen molar-refractivity contribution in [3.05, 3.63) is 38.9 Å². The molecule has 0 amide bonds. The van der Waals surface area contributed by atoms with Gasteiger partial charge in [0.1, 0.15) is 0 Å². The van der Waals surface area contributed by atoms with Crippen molar-refractivity contribution in [2.24, 2.45) is 5.92 Å². The molecular weight excluding hydrogens is 252 g/mol. The summed E-state index contributed by atoms with van der Waals surface area (Å²) in [6.07, 6.45) is 3.61. The van der Waals surface area contributed by atoms with Gasteiger partial charge in [-0.05, 0) is 30.9 Å². The molecule has 0 saturated heterocycles. The maximum absolute atomic E-state index is 10.9. The molecule has 1 fully saturated rings. The summed E-state index contributed by atoms with van der Waals surface area (Å²) >= 11 is 5.88. The van der Waals surface area contributed by atoms with Gasteiger partial charge in [-0.3, -0.25) is 10.1 Å². The molecule has 5 heteroatoms. The van der Waals surface area contributed by atoms with Gasteiger partial charge in [0.15, 0.2) is 0 Å². The van der Waals surface area contributed by atoms with E-state index in [4.69, 9.17) is 11.6 Å². The highest BCUT2D eigenvalue weighted by Crippen LogP contribution is 2.35. The number of halogens is 1. The zero-order valence-corrected chi connectivity index (χ0v) is 11.1. The summed E-state index contributed by atoms with van der Waals surface area (Å²) in [7, 11) is 0. The number of hydrogen-bond donors (Lipinski definition) is 1. The van der Waals surface area contributed by atoms with Crippen LogP contribution in [-0.2, 0) is 6.54 Å². The zero-order chi connectivity index (χ0) is 13.1. The Labute approximate surface area is 111 Å². The van der Waals surface area contributed by atoms with Crippen molar-refractivity contribution >= 4 is 17.3 Å². The number of rotatable bonds is 6. The minimum absolute atomic E-state index is 0.139. The largest absolute Gasteiger partial charge is 0.309 e. The summed E-state index contributed by atoms with van der Waals surface area (Å²) in [5.74, 6) is 0.744. The van der Waals surface area contributed by atoms with Crippen LogP contribution in [0.15, 0.2) is 18.2 Å². The van der Waals surface area contributed by atoms with E-state index in [0.717, 1.165) is 5.92 Å². The molecular formula is C13H17ClN2O2. The van der Waals surface area contributed by atoms with Crippen molar-refractivity contribution in [3.63, 3.8) is 0 Å². The van der Waals surface area contributed by atoms with Crippen LogP contribution in [0.5, 0.6) is 0 Å². The van der Waals surface area contributed by atoms with Crippen molar-refractivity contribution < 1.29 is 4.92 Å². The van der Waals surface area contributed by atoms with E-state index in [1.807, 2.05) is 0 Å². The van der Waals surface area contributed by atoms with Gasteiger partial charge in [0.05, 0.1) is 4.92 Å². The van der Waals surface area contributed by atoms with E-state index in [1.54, 1.807) is 12.1 Å². The van der Waals surface area contributed by atoms with Gasteiger partial charge >= 0.3 is 0 Å². The molecule has 0 spiro atoms. The third kappa shape index (κ3) is 3.21. The molecule has 4 nitrogen and oxygen atoms in total. The number of nitrogens with one attached hydrogen (secondary N) is 1. The number of hydrogen-bond acceptors (Lipinski definition) is 3. The van der Waals surface area contributed by atoms with Crippen molar-refractivity contribution in [1.82, 2.24) is 5.32 Å². The molecule has 1 aromatic rings. The summed E-state index contributed by atoms with van der Waals surface area (Å²) in [6.45, 7) is 2.69. The van der Waals surface area contributed by atoms with E-state index in [2.05, 4.69) is 12.2 Å². The Morgan fingerprint density at radius 1 is 1.56 bits per heavy atom. The topological polar surface area (TPSA) is 55.2 Å². The molecule has 1 aromatic carbocycles. The lowest BCUT2D eigenvalue weighted by Crippen LogP contribution is -2.18. The number of nitrogens with zero attached hydrogens (tertiary/aromatic N) is 1. The van der Waals surface area contributed by atoms with Crippen LogP contribution in [0.2, 0.25) is 5.02 Å². The average Bonchev–Trinajstić information content (AvgIpc) is 3.05. The van der Waals surface area contributed by atoms with Gasteiger partial charge in [-0.1, -0.05) is 24.9 Å². The van der Waals surface area contributed by atoms with Crippen LogP contribution >= 0.6 is 11.6 Å². The lowest BCUT2D eigenvalue weighted by Gasteiger charge is -2.05. The lowest BCUT2D eigenvalue weighted by atomic mass is 10.1. The van der Waals surface area contributed by atoms with Crippen LogP contribution in [0.3, 0.4) is 0 Å². The van der Waals surface area contributed by atoms with Crippen LogP contribution in [0.25, 0.3) is 0 Å². The van der Waals surface area contributed by atoms with Gasteiger partial charge in [-0.25, -0.2) is 0 Å². The standard InChI is InChI=1S/C13H17ClN2O2/c1-2-3-9-7-12(9)15-8-10-6-11(14)4-5-13(10)16(17)18/h4-6,9,12,15H,2-3,7-8H2,1H3. The summed E-state index contributed by atoms with van der Waals surface area (Å²) in [4.78, 5) is 10.5. The molecule has 1 saturated carbocycles. The van der Waals surface area contributed by atoms with Crippen molar-refractivity contribution in [2.75, 3.05) is 0 Å². The maximum Gasteiger partial charge on any atom is 0.273 e. The van der Waals surface area contributed by atoms with Crippen LogP contribution < -0.4 is 5.32 Å². The van der Waals surface area contributed by atoms with Gasteiger partial charge in [-0.2, -0.15) is 0 Å². The van der Waals surface area contributed by atoms with Gasteiger partial charge in [0.25, 0.3) is 5.69 Å². The first kappa shape index (κ1) is 13.3. The third-order valence-electron chi connectivity index (χ3n) is 3.37. The molecule has 0 bridgehead atoms. The van der Waals surface area contributed by atoms with E-state index >= 15 is 0 Å². The highest BCUT2D eigenvalue weighted by atomic mass is 35.5. The van der Waals surface area contributed by atoms with Crippen LogP contribution in [-0.4, -0.2) is 11.0 Å². The zero-order valence-electron chi connectivity index (χ0n) is 10.4. The molecule has 2 rings (SSSR count). The Balaban J connectivity index is 1.96. The second-order valence-electron chi connectivity index (χ2n) is 4.80. The van der Waals surface area contributed by atoms with Gasteiger partial charge < -0.3 is 5.32 Å². The molecule has 0 aliphatic heterocycles. The SMILES string of the molecule is CCCC1CC1NCc1cc(Cl)ccc1[N+](=O)[O-]. The van der Waals surface area contributed by atoms with Gasteiger partial charge in [0.2, 0.25) is 0 Å². The molecule has 18 heavy (non-hydrogen) atoms. The van der Waals surface area contributed by atoms with E-state index in [1.165, 1.54) is 25.3 Å². The molecule has 1 aliphatic rings. The van der Waals surface area contributed by atoms with E-state index < -0.39 is 0 Å². The second kappa shape index (κ2) is 5.67. The summed E-state index contributed by atoms with van der Waals surface area (Å²) in [5, 5.41) is 14.8. The smallest absolute Gasteiger partial charge is 0.273 e. The van der Waals surface area contributed by atoms with Crippen LogP contribution in [0, 0.1) is 16.0 Å². The molecule has 1 N–H and O–H groups in total. The summed E-state index contributed by atoms with van der Waals surface area (Å²) in [6, 6.07) is 5.21. The molecule has 2 unspecified atom stereocenters. The molecule has 98 valence electrons. The molecule has 1 aliphatic carbocycles. The van der Waals surface area contributed by atoms with E-state index in [-0.39, 0.29) is 10.6 Å². The van der Waals surface area contributed by atoms with Crippen molar-refractivity contribution in [3.8, 4) is 0 Å². The summed E-state index contributed by atoms with van der Waals surface area (Å²) in [5.41, 5.74) is 0.800. The second-order valence-corrected chi connectivity index (χ2v) is 5.24. The first-order valence-corrected chi connectivity index (χ1v) is 6.65. The number of nitro benzene ring substituents is 1. The first-order valence-electron chi connectivity index (χ1n) is 6.28. The molecule has 0 heterocycles. The highest BCUT2D eigenvalue weighted by molar-refractivity contribution is 6.30. The fourth-order valence-corrected chi connectivity index (χ4v) is 2.50. The lowest BCUT2D eigenvalue weighted by molar-refractivity contribution is -0.385. The minimum Gasteiger partial charge on any atom is -0.309 e. The minimum atomic E-state index is -0.357. The fraction of sp³-hybridized carbons (Fsp3) is 0.538. The molecule has 2 atom stereocenters. The molecule has 0 aromatic heterocycles. The third-order valence-corrected chi connectivity index (χ3v) is 3.61. The predicted octanol–water partition coefficient (Wildman–Crippen LogP) is 3.53. The van der Waals surface area contributed by atoms with Crippen LogP contribution in [0.4, 0.5) is 5.69 Å². The maximum atomic E-state index is 10.9. The Kier molecular flexibility index (Phi) is 4.19. The van der Waals surface area contributed by atoms with Crippen molar-refractivity contribution in [2.45, 2.75) is 38.8 Å². The van der Waals surface area contributed by atoms with Crippen molar-refractivity contribution in [1.29, 1.82) is 0 Å². The summed E-state index contributed by atoms with van der Waals surface area (Å²) < 4.78 is 0. The highest BCUT2D eigenvalue weighted by Gasteiger charge is 2.35. The molecule has 0 radical (unpaired) electrons. The normalized spacial score (nSPS) is 21.9. The van der Waals surface area contributed by atoms with Gasteiger partial charge in [0, 0.05) is 29.2 Å². The van der Waals surface area contributed by atoms with Crippen LogP contribution in [0.1, 0.15) is 31.7 Å². The Morgan fingerprint density at radius 2 is 2.33 bits per heavy atom. The predicted molar refractivity (Wildman–Crippen MR) is 71.7 cm³/mol. The quantitative estimate of drug-likeness (QED) is 0.634. The number of benzene rings is 1. The monoisotopic (exact) mass is 268 g/mol. The average molecular weight is 269 g/mol. The fourth-order valence-electron chi connectivity index (χ4n) is 2.30. The Morgan fingerprint density at radius 3 is 3.00 bits per heavy atom. The number of nitro groups is 1. The van der Waals surface area contributed by atoms with E-state index in [0.29, 0.717) is 23.2 Å². The first-order chi connectivity index (χ1) is 8.61. The van der Waals surface area contributed by atoms with Gasteiger partial charge in [-0.15, -0.1) is 0 Å².